The molecule has 3 rings (SSSR count). The zero-order valence-corrected chi connectivity index (χ0v) is 16.3. The van der Waals surface area contributed by atoms with E-state index in [0.29, 0.717) is 11.3 Å². The second-order valence-corrected chi connectivity index (χ2v) is 7.15. The van der Waals surface area contributed by atoms with Gasteiger partial charge in [-0.05, 0) is 36.8 Å². The first-order valence-corrected chi connectivity index (χ1v) is 9.90. The number of carbonyl (C=O) groups is 2. The van der Waals surface area contributed by atoms with Crippen LogP contribution in [0.4, 0.5) is 5.69 Å². The van der Waals surface area contributed by atoms with Crippen LogP contribution < -0.4 is 10.6 Å². The average Bonchev–Trinajstić information content (AvgIpc) is 2.74. The highest BCUT2D eigenvalue weighted by atomic mass is 32.2. The maximum absolute atomic E-state index is 12.7. The first kappa shape index (κ1) is 19.6. The van der Waals surface area contributed by atoms with E-state index in [-0.39, 0.29) is 23.6 Å². The van der Waals surface area contributed by atoms with E-state index in [4.69, 9.17) is 0 Å². The third kappa shape index (κ3) is 5.44. The molecule has 0 bridgehead atoms. The minimum Gasteiger partial charge on any atom is -0.345 e. The molecule has 28 heavy (non-hydrogen) atoms. The van der Waals surface area contributed by atoms with E-state index in [1.165, 1.54) is 11.8 Å². The van der Waals surface area contributed by atoms with Crippen LogP contribution in [-0.2, 0) is 4.79 Å². The van der Waals surface area contributed by atoms with Crippen molar-refractivity contribution in [3.63, 3.8) is 0 Å². The van der Waals surface area contributed by atoms with Crippen LogP contribution in [0, 0.1) is 0 Å². The van der Waals surface area contributed by atoms with Crippen molar-refractivity contribution < 1.29 is 9.59 Å². The van der Waals surface area contributed by atoms with Gasteiger partial charge >= 0.3 is 0 Å². The number of aromatic nitrogens is 1. The summed E-state index contributed by atoms with van der Waals surface area (Å²) in [4.78, 5) is 29.2. The van der Waals surface area contributed by atoms with Gasteiger partial charge in [0.15, 0.2) is 0 Å². The normalized spacial score (nSPS) is 11.5. The number of nitrogens with zero attached hydrogens (tertiary/aromatic N) is 1. The molecular formula is C22H21N3O2S. The summed E-state index contributed by atoms with van der Waals surface area (Å²) in [7, 11) is 0. The Balaban J connectivity index is 1.63. The molecule has 0 spiro atoms. The molecule has 0 aliphatic rings. The summed E-state index contributed by atoms with van der Waals surface area (Å²) in [5.41, 5.74) is 1.94. The number of para-hydroxylation sites is 1. The number of hydrogen-bond donors (Lipinski definition) is 2. The van der Waals surface area contributed by atoms with E-state index in [9.17, 15) is 9.59 Å². The smallest absolute Gasteiger partial charge is 0.253 e. The number of amides is 2. The van der Waals surface area contributed by atoms with Gasteiger partial charge in [0.2, 0.25) is 5.91 Å². The first-order chi connectivity index (χ1) is 13.6. The first-order valence-electron chi connectivity index (χ1n) is 8.92. The molecule has 142 valence electrons. The van der Waals surface area contributed by atoms with Gasteiger partial charge in [0.05, 0.1) is 28.1 Å². The van der Waals surface area contributed by atoms with Gasteiger partial charge in [0.1, 0.15) is 0 Å². The monoisotopic (exact) mass is 391 g/mol. The lowest BCUT2D eigenvalue weighted by atomic mass is 10.1. The van der Waals surface area contributed by atoms with Crippen LogP contribution in [0.1, 0.15) is 28.9 Å². The van der Waals surface area contributed by atoms with E-state index in [1.807, 2.05) is 55.5 Å². The Morgan fingerprint density at radius 3 is 2.43 bits per heavy atom. The van der Waals surface area contributed by atoms with Crippen LogP contribution in [0.2, 0.25) is 0 Å². The largest absolute Gasteiger partial charge is 0.345 e. The molecule has 0 fully saturated rings. The summed E-state index contributed by atoms with van der Waals surface area (Å²) in [6.07, 6.45) is 1.69. The Kier molecular flexibility index (Phi) is 6.81. The Labute approximate surface area is 168 Å². The standard InChI is InChI=1S/C22H21N3O2S/c1-16(17-9-3-2-4-10-17)24-22(27)18-11-5-6-12-19(18)25-20(26)15-28-21-13-7-8-14-23-21/h2-14,16H,15H2,1H3,(H,24,27)(H,25,26)/t16-/m0/s1. The topological polar surface area (TPSA) is 71.1 Å². The van der Waals surface area contributed by atoms with Crippen LogP contribution in [-0.4, -0.2) is 22.6 Å². The molecule has 1 heterocycles. The van der Waals surface area contributed by atoms with Gasteiger partial charge in [0.25, 0.3) is 5.91 Å². The number of rotatable bonds is 7. The van der Waals surface area contributed by atoms with Gasteiger partial charge in [-0.2, -0.15) is 0 Å². The molecule has 6 heteroatoms. The van der Waals surface area contributed by atoms with Crippen molar-refractivity contribution in [2.45, 2.75) is 18.0 Å². The molecule has 0 radical (unpaired) electrons. The Bertz CT molecular complexity index is 933. The van der Waals surface area contributed by atoms with Gasteiger partial charge in [-0.1, -0.05) is 60.3 Å². The van der Waals surface area contributed by atoms with E-state index in [2.05, 4.69) is 15.6 Å². The predicted molar refractivity (Wildman–Crippen MR) is 112 cm³/mol. The third-order valence-electron chi connectivity index (χ3n) is 4.08. The number of benzene rings is 2. The van der Waals surface area contributed by atoms with Gasteiger partial charge in [-0.3, -0.25) is 9.59 Å². The Morgan fingerprint density at radius 1 is 0.964 bits per heavy atom. The van der Waals surface area contributed by atoms with Crippen LogP contribution in [0.25, 0.3) is 0 Å². The highest BCUT2D eigenvalue weighted by Crippen LogP contribution is 2.19. The average molecular weight is 391 g/mol. The molecule has 2 aromatic carbocycles. The summed E-state index contributed by atoms with van der Waals surface area (Å²) in [6, 6.07) is 22.2. The molecule has 2 N–H and O–H groups in total. The molecule has 0 saturated heterocycles. The second-order valence-electron chi connectivity index (χ2n) is 6.16. The fraction of sp³-hybridized carbons (Fsp3) is 0.136. The van der Waals surface area contributed by atoms with Crippen LogP contribution in [0.15, 0.2) is 84.0 Å². The van der Waals surface area contributed by atoms with Gasteiger partial charge in [0, 0.05) is 6.20 Å². The highest BCUT2D eigenvalue weighted by molar-refractivity contribution is 7.99. The van der Waals surface area contributed by atoms with Gasteiger partial charge < -0.3 is 10.6 Å². The molecular weight excluding hydrogens is 370 g/mol. The van der Waals surface area contributed by atoms with E-state index in [1.54, 1.807) is 30.5 Å². The Hall–Kier alpha value is -3.12. The summed E-state index contributed by atoms with van der Waals surface area (Å²) in [6.45, 7) is 1.93. The molecule has 1 aromatic heterocycles. The molecule has 0 saturated carbocycles. The van der Waals surface area contributed by atoms with Crippen molar-refractivity contribution in [3.8, 4) is 0 Å². The van der Waals surface area contributed by atoms with Crippen molar-refractivity contribution in [1.82, 2.24) is 10.3 Å². The fourth-order valence-electron chi connectivity index (χ4n) is 2.65. The van der Waals surface area contributed by atoms with Crippen LogP contribution >= 0.6 is 11.8 Å². The number of hydrogen-bond acceptors (Lipinski definition) is 4. The third-order valence-corrected chi connectivity index (χ3v) is 5.03. The maximum Gasteiger partial charge on any atom is 0.253 e. The van der Waals surface area contributed by atoms with Gasteiger partial charge in [-0.25, -0.2) is 4.98 Å². The molecule has 1 atom stereocenters. The molecule has 0 aliphatic carbocycles. The highest BCUT2D eigenvalue weighted by Gasteiger charge is 2.16. The summed E-state index contributed by atoms with van der Waals surface area (Å²) in [5.74, 6) is -0.204. The second kappa shape index (κ2) is 9.71. The number of carbonyl (C=O) groups excluding carboxylic acids is 2. The fourth-order valence-corrected chi connectivity index (χ4v) is 3.31. The SMILES string of the molecule is C[C@H](NC(=O)c1ccccc1NC(=O)CSc1ccccn1)c1ccccc1. The summed E-state index contributed by atoms with van der Waals surface area (Å²) >= 11 is 1.35. The van der Waals surface area contributed by atoms with Crippen molar-refractivity contribution in [3.05, 3.63) is 90.1 Å². The minimum atomic E-state index is -0.232. The molecule has 2 amide bonds. The van der Waals surface area contributed by atoms with Crippen molar-refractivity contribution in [2.75, 3.05) is 11.1 Å². The predicted octanol–water partition coefficient (Wildman–Crippen LogP) is 4.30. The van der Waals surface area contributed by atoms with E-state index in [0.717, 1.165) is 10.6 Å². The Morgan fingerprint density at radius 2 is 1.68 bits per heavy atom. The van der Waals surface area contributed by atoms with E-state index < -0.39 is 0 Å². The van der Waals surface area contributed by atoms with Crippen molar-refractivity contribution in [1.29, 1.82) is 0 Å². The minimum absolute atomic E-state index is 0.142. The molecule has 0 aliphatic heterocycles. The van der Waals surface area contributed by atoms with Crippen LogP contribution in [0.3, 0.4) is 0 Å². The number of anilines is 1. The molecule has 3 aromatic rings. The molecule has 0 unspecified atom stereocenters. The van der Waals surface area contributed by atoms with Crippen molar-refractivity contribution in [2.24, 2.45) is 0 Å². The zero-order chi connectivity index (χ0) is 19.8. The summed E-state index contributed by atoms with van der Waals surface area (Å²) in [5, 5.41) is 6.58. The number of nitrogens with one attached hydrogen (secondary N) is 2. The van der Waals surface area contributed by atoms with E-state index >= 15 is 0 Å². The van der Waals surface area contributed by atoms with Crippen LogP contribution in [0.5, 0.6) is 0 Å². The number of pyridine rings is 1. The lowest BCUT2D eigenvalue weighted by Crippen LogP contribution is -2.28. The summed E-state index contributed by atoms with van der Waals surface area (Å²) < 4.78 is 0. The van der Waals surface area contributed by atoms with Gasteiger partial charge in [-0.15, -0.1) is 0 Å². The number of thioether (sulfide) groups is 1. The maximum atomic E-state index is 12.7. The van der Waals surface area contributed by atoms with Crippen molar-refractivity contribution >= 4 is 29.3 Å². The quantitative estimate of drug-likeness (QED) is 0.589. The lowest BCUT2D eigenvalue weighted by molar-refractivity contribution is -0.113. The molecule has 5 nitrogen and oxygen atoms in total. The zero-order valence-electron chi connectivity index (χ0n) is 15.5. The lowest BCUT2D eigenvalue weighted by Gasteiger charge is -2.16.